The molecule has 0 fully saturated rings. The van der Waals surface area contributed by atoms with Crippen molar-refractivity contribution in [3.63, 3.8) is 0 Å². The molecule has 0 aliphatic heterocycles. The van der Waals surface area contributed by atoms with Gasteiger partial charge in [0.1, 0.15) is 0 Å². The summed E-state index contributed by atoms with van der Waals surface area (Å²) in [4.78, 5) is 35.9. The molecule has 162 valence electrons. The van der Waals surface area contributed by atoms with Gasteiger partial charge in [0.15, 0.2) is 5.11 Å². The maximum atomic E-state index is 12.2. The minimum absolute atomic E-state index is 0.0697. The summed E-state index contributed by atoms with van der Waals surface area (Å²) in [6, 6.07) is 13.5. The van der Waals surface area contributed by atoms with Crippen molar-refractivity contribution in [3.8, 4) is 0 Å². The number of carbonyl (C=O) groups excluding carboxylic acids is 3. The van der Waals surface area contributed by atoms with Crippen LogP contribution >= 0.6 is 23.8 Å². The molecule has 0 saturated heterocycles. The molecule has 2 rings (SSSR count). The number of rotatable bonds is 6. The molecule has 0 atom stereocenters. The van der Waals surface area contributed by atoms with Crippen molar-refractivity contribution in [2.24, 2.45) is 5.92 Å². The van der Waals surface area contributed by atoms with Gasteiger partial charge in [0.05, 0.1) is 0 Å². The van der Waals surface area contributed by atoms with Crippen molar-refractivity contribution in [1.82, 2.24) is 16.2 Å². The molecule has 3 amide bonds. The van der Waals surface area contributed by atoms with Gasteiger partial charge in [-0.3, -0.25) is 30.6 Å². The van der Waals surface area contributed by atoms with Crippen LogP contribution in [-0.4, -0.2) is 22.8 Å². The lowest BCUT2D eigenvalue weighted by Crippen LogP contribution is -2.48. The Morgan fingerprint density at radius 3 is 2.35 bits per heavy atom. The van der Waals surface area contributed by atoms with Gasteiger partial charge in [-0.15, -0.1) is 0 Å². The Balaban J connectivity index is 1.79. The highest BCUT2D eigenvalue weighted by molar-refractivity contribution is 7.80. The van der Waals surface area contributed by atoms with Gasteiger partial charge < -0.3 is 5.32 Å². The molecule has 4 N–H and O–H groups in total. The second-order valence-corrected chi connectivity index (χ2v) is 7.79. The summed E-state index contributed by atoms with van der Waals surface area (Å²) in [6.07, 6.45) is 3.26. The summed E-state index contributed by atoms with van der Waals surface area (Å²) in [6.45, 7) is 3.92. The van der Waals surface area contributed by atoms with Crippen LogP contribution in [0.3, 0.4) is 0 Å². The number of hydrogen-bond acceptors (Lipinski definition) is 4. The van der Waals surface area contributed by atoms with Gasteiger partial charge in [-0.2, -0.15) is 0 Å². The molecule has 2 aromatic carbocycles. The smallest absolute Gasteiger partial charge is 0.269 e. The van der Waals surface area contributed by atoms with Gasteiger partial charge in [0.2, 0.25) is 11.8 Å². The Morgan fingerprint density at radius 1 is 1.03 bits per heavy atom. The molecular formula is C22H23ClN4O3S. The second-order valence-electron chi connectivity index (χ2n) is 6.98. The predicted molar refractivity (Wildman–Crippen MR) is 126 cm³/mol. The van der Waals surface area contributed by atoms with Crippen LogP contribution in [-0.2, 0) is 9.59 Å². The molecule has 2 aromatic rings. The summed E-state index contributed by atoms with van der Waals surface area (Å²) in [5, 5.41) is 5.63. The molecule has 9 heteroatoms. The Morgan fingerprint density at radius 2 is 1.71 bits per heavy atom. The van der Waals surface area contributed by atoms with Crippen LogP contribution in [0.5, 0.6) is 0 Å². The number of benzene rings is 2. The molecule has 0 aromatic heterocycles. The zero-order valence-electron chi connectivity index (χ0n) is 17.1. The summed E-state index contributed by atoms with van der Waals surface area (Å²) in [7, 11) is 0. The van der Waals surface area contributed by atoms with E-state index in [9.17, 15) is 14.4 Å². The fourth-order valence-electron chi connectivity index (χ4n) is 2.43. The quantitative estimate of drug-likeness (QED) is 0.300. The number of anilines is 1. The van der Waals surface area contributed by atoms with Crippen LogP contribution < -0.4 is 21.5 Å². The Labute approximate surface area is 191 Å². The highest BCUT2D eigenvalue weighted by atomic mass is 35.5. The Bertz CT molecular complexity index is 991. The molecule has 31 heavy (non-hydrogen) atoms. The standard InChI is InChI=1S/C22H23ClN4O3S/c1-14(2)13-20(29)24-17-10-7-16(8-11-17)21(30)26-27-22(31)25-19(28)12-9-15-5-3-4-6-18(15)23/h3-12,14H,13H2,1-2H3,(H,24,29)(H,26,30)(H2,25,27,28,31). The first-order valence-electron chi connectivity index (χ1n) is 9.48. The van der Waals surface area contributed by atoms with Crippen molar-refractivity contribution < 1.29 is 14.4 Å². The largest absolute Gasteiger partial charge is 0.326 e. The zero-order valence-corrected chi connectivity index (χ0v) is 18.6. The molecular weight excluding hydrogens is 436 g/mol. The van der Waals surface area contributed by atoms with Gasteiger partial charge >= 0.3 is 0 Å². The van der Waals surface area contributed by atoms with Gasteiger partial charge in [0.25, 0.3) is 5.91 Å². The van der Waals surface area contributed by atoms with E-state index < -0.39 is 11.8 Å². The van der Waals surface area contributed by atoms with Crippen LogP contribution in [0.4, 0.5) is 5.69 Å². The third-order valence-corrected chi connectivity index (χ3v) is 4.42. The van der Waals surface area contributed by atoms with Crippen molar-refractivity contribution in [1.29, 1.82) is 0 Å². The fraction of sp³-hybridized carbons (Fsp3) is 0.182. The van der Waals surface area contributed by atoms with E-state index in [1.807, 2.05) is 13.8 Å². The lowest BCUT2D eigenvalue weighted by atomic mass is 10.1. The molecule has 0 spiro atoms. The molecule has 0 bridgehead atoms. The van der Waals surface area contributed by atoms with E-state index in [0.29, 0.717) is 28.3 Å². The van der Waals surface area contributed by atoms with Gasteiger partial charge in [-0.25, -0.2) is 0 Å². The third-order valence-electron chi connectivity index (χ3n) is 3.87. The molecule has 0 saturated carbocycles. The average Bonchev–Trinajstić information content (AvgIpc) is 2.71. The number of thiocarbonyl (C=S) groups is 1. The minimum Gasteiger partial charge on any atom is -0.326 e. The summed E-state index contributed by atoms with van der Waals surface area (Å²) in [5.41, 5.74) is 6.50. The van der Waals surface area contributed by atoms with Crippen molar-refractivity contribution in [2.75, 3.05) is 5.32 Å². The van der Waals surface area contributed by atoms with Crippen LogP contribution in [0.15, 0.2) is 54.6 Å². The fourth-order valence-corrected chi connectivity index (χ4v) is 2.78. The van der Waals surface area contributed by atoms with Crippen molar-refractivity contribution in [2.45, 2.75) is 20.3 Å². The topological polar surface area (TPSA) is 99.3 Å². The number of halogens is 1. The predicted octanol–water partition coefficient (Wildman–Crippen LogP) is 3.67. The van der Waals surface area contributed by atoms with Crippen LogP contribution in [0.25, 0.3) is 6.08 Å². The lowest BCUT2D eigenvalue weighted by Gasteiger charge is -2.11. The van der Waals surface area contributed by atoms with E-state index in [-0.39, 0.29) is 16.9 Å². The Hall–Kier alpha value is -3.23. The molecule has 0 aliphatic carbocycles. The van der Waals surface area contributed by atoms with E-state index in [0.717, 1.165) is 0 Å². The third kappa shape index (κ3) is 8.57. The van der Waals surface area contributed by atoms with E-state index in [2.05, 4.69) is 21.5 Å². The normalized spacial score (nSPS) is 10.6. The Kier molecular flexibility index (Phi) is 9.17. The van der Waals surface area contributed by atoms with E-state index in [1.54, 1.807) is 54.6 Å². The SMILES string of the molecule is CC(C)CC(=O)Nc1ccc(C(=O)NNC(=S)NC(=O)C=Cc2ccccc2Cl)cc1. The number of nitrogens with one attached hydrogen (secondary N) is 4. The van der Waals surface area contributed by atoms with Crippen molar-refractivity contribution >= 4 is 58.4 Å². The molecule has 7 nitrogen and oxygen atoms in total. The number of hydrogen-bond donors (Lipinski definition) is 4. The first-order chi connectivity index (χ1) is 14.7. The van der Waals surface area contributed by atoms with E-state index >= 15 is 0 Å². The maximum Gasteiger partial charge on any atom is 0.269 e. The number of carbonyl (C=O) groups is 3. The zero-order chi connectivity index (χ0) is 22.8. The van der Waals surface area contributed by atoms with Gasteiger partial charge in [0, 0.05) is 28.8 Å². The van der Waals surface area contributed by atoms with Gasteiger partial charge in [-0.05, 0) is 60.1 Å². The monoisotopic (exact) mass is 458 g/mol. The molecule has 0 heterocycles. The highest BCUT2D eigenvalue weighted by Crippen LogP contribution is 2.16. The molecule has 0 unspecified atom stereocenters. The number of amides is 3. The van der Waals surface area contributed by atoms with Crippen molar-refractivity contribution in [3.05, 3.63) is 70.8 Å². The number of hydrazine groups is 1. The van der Waals surface area contributed by atoms with Crippen LogP contribution in [0, 0.1) is 5.92 Å². The van der Waals surface area contributed by atoms with Gasteiger partial charge in [-0.1, -0.05) is 43.6 Å². The first kappa shape index (κ1) is 24.0. The first-order valence-corrected chi connectivity index (χ1v) is 10.3. The lowest BCUT2D eigenvalue weighted by molar-refractivity contribution is -0.117. The molecule has 0 radical (unpaired) electrons. The van der Waals surface area contributed by atoms with E-state index in [1.165, 1.54) is 6.08 Å². The summed E-state index contributed by atoms with van der Waals surface area (Å²) in [5.74, 6) is -0.762. The average molecular weight is 459 g/mol. The van der Waals surface area contributed by atoms with E-state index in [4.69, 9.17) is 23.8 Å². The second kappa shape index (κ2) is 11.8. The maximum absolute atomic E-state index is 12.2. The minimum atomic E-state index is -0.479. The van der Waals surface area contributed by atoms with Crippen LogP contribution in [0.1, 0.15) is 36.2 Å². The summed E-state index contributed by atoms with van der Waals surface area (Å²) < 4.78 is 0. The van der Waals surface area contributed by atoms with Crippen LogP contribution in [0.2, 0.25) is 5.02 Å². The summed E-state index contributed by atoms with van der Waals surface area (Å²) >= 11 is 11.0. The molecule has 0 aliphatic rings. The highest BCUT2D eigenvalue weighted by Gasteiger charge is 2.09.